The first kappa shape index (κ1) is 13.9. The van der Waals surface area contributed by atoms with Gasteiger partial charge in [-0.3, -0.25) is 0 Å². The summed E-state index contributed by atoms with van der Waals surface area (Å²) in [6.07, 6.45) is 1.09. The van der Waals surface area contributed by atoms with E-state index in [9.17, 15) is 0 Å². The smallest absolute Gasteiger partial charge is 0.0578 e. The fourth-order valence-electron chi connectivity index (χ4n) is 2.53. The summed E-state index contributed by atoms with van der Waals surface area (Å²) in [6, 6.07) is 6.16. The van der Waals surface area contributed by atoms with Gasteiger partial charge in [-0.2, -0.15) is 0 Å². The molecule has 0 heterocycles. The summed E-state index contributed by atoms with van der Waals surface area (Å²) in [4.78, 5) is 0. The summed E-state index contributed by atoms with van der Waals surface area (Å²) in [5.41, 5.74) is 9.43. The van der Waals surface area contributed by atoms with Gasteiger partial charge >= 0.3 is 0 Å². The largest absolute Gasteiger partial charge is 0.397 e. The van der Waals surface area contributed by atoms with Crippen molar-refractivity contribution in [2.24, 2.45) is 5.41 Å². The second-order valence-electron chi connectivity index (χ2n) is 6.84. The van der Waals surface area contributed by atoms with E-state index in [4.69, 9.17) is 5.73 Å². The van der Waals surface area contributed by atoms with Crippen molar-refractivity contribution in [2.45, 2.75) is 53.5 Å². The Balaban J connectivity index is 2.83. The van der Waals surface area contributed by atoms with Gasteiger partial charge in [-0.05, 0) is 50.3 Å². The molecule has 0 spiro atoms. The van der Waals surface area contributed by atoms with E-state index < -0.39 is 0 Å². The lowest BCUT2D eigenvalue weighted by atomic mass is 9.81. The molecule has 0 amide bonds. The van der Waals surface area contributed by atoms with Crippen molar-refractivity contribution in [3.05, 3.63) is 23.8 Å². The number of aryl methyl sites for hydroxylation is 1. The number of hydrogen-bond acceptors (Lipinski definition) is 2. The van der Waals surface area contributed by atoms with Gasteiger partial charge in [0.15, 0.2) is 0 Å². The molecule has 0 fully saturated rings. The summed E-state index contributed by atoms with van der Waals surface area (Å²) in [5, 5.41) is 3.55. The van der Waals surface area contributed by atoms with E-state index >= 15 is 0 Å². The van der Waals surface area contributed by atoms with E-state index in [0.717, 1.165) is 17.8 Å². The van der Waals surface area contributed by atoms with Crippen LogP contribution in [0, 0.1) is 12.3 Å². The third kappa shape index (κ3) is 4.68. The lowest BCUT2D eigenvalue weighted by molar-refractivity contribution is 0.302. The monoisotopic (exact) mass is 234 g/mol. The van der Waals surface area contributed by atoms with Gasteiger partial charge in [0.05, 0.1) is 11.4 Å². The number of hydrogen-bond donors (Lipinski definition) is 2. The third-order valence-electron chi connectivity index (χ3n) is 2.65. The highest BCUT2D eigenvalue weighted by molar-refractivity contribution is 5.67. The van der Waals surface area contributed by atoms with Crippen molar-refractivity contribution in [1.82, 2.24) is 0 Å². The molecule has 0 bridgehead atoms. The fraction of sp³-hybridized carbons (Fsp3) is 0.600. The molecular formula is C15H26N2. The predicted molar refractivity (Wildman–Crippen MR) is 77.4 cm³/mol. The van der Waals surface area contributed by atoms with Crippen LogP contribution in [0.15, 0.2) is 18.2 Å². The van der Waals surface area contributed by atoms with Gasteiger partial charge < -0.3 is 11.1 Å². The summed E-state index contributed by atoms with van der Waals surface area (Å²) in [5.74, 6) is 0. The van der Waals surface area contributed by atoms with Gasteiger partial charge in [0.25, 0.3) is 0 Å². The Morgan fingerprint density at radius 1 is 1.12 bits per heavy atom. The maximum atomic E-state index is 6.03. The van der Waals surface area contributed by atoms with Crippen LogP contribution >= 0.6 is 0 Å². The minimum Gasteiger partial charge on any atom is -0.397 e. The maximum absolute atomic E-state index is 6.03. The van der Waals surface area contributed by atoms with E-state index in [2.05, 4.69) is 59.0 Å². The lowest BCUT2D eigenvalue weighted by Gasteiger charge is -2.34. The Morgan fingerprint density at radius 2 is 1.71 bits per heavy atom. The zero-order chi connectivity index (χ0) is 13.3. The highest BCUT2D eigenvalue weighted by Crippen LogP contribution is 2.31. The van der Waals surface area contributed by atoms with Crippen LogP contribution in [0.4, 0.5) is 11.4 Å². The van der Waals surface area contributed by atoms with E-state index in [-0.39, 0.29) is 5.54 Å². The molecule has 1 aromatic carbocycles. The second-order valence-corrected chi connectivity index (χ2v) is 6.84. The van der Waals surface area contributed by atoms with Gasteiger partial charge in [-0.15, -0.1) is 0 Å². The van der Waals surface area contributed by atoms with Crippen LogP contribution in [0.2, 0.25) is 0 Å². The summed E-state index contributed by atoms with van der Waals surface area (Å²) < 4.78 is 0. The van der Waals surface area contributed by atoms with E-state index in [1.807, 2.05) is 6.07 Å². The zero-order valence-corrected chi connectivity index (χ0v) is 12.0. The molecule has 1 aromatic rings. The molecule has 17 heavy (non-hydrogen) atoms. The Morgan fingerprint density at radius 3 is 2.18 bits per heavy atom. The summed E-state index contributed by atoms with van der Waals surface area (Å²) in [6.45, 7) is 13.3. The number of nitrogens with two attached hydrogens (primary N) is 1. The first-order chi connectivity index (χ1) is 7.59. The molecule has 0 aliphatic rings. The highest BCUT2D eigenvalue weighted by Gasteiger charge is 2.25. The van der Waals surface area contributed by atoms with Gasteiger partial charge in [0.1, 0.15) is 0 Å². The van der Waals surface area contributed by atoms with Crippen LogP contribution in [0.25, 0.3) is 0 Å². The molecule has 2 nitrogen and oxygen atoms in total. The molecular weight excluding hydrogens is 208 g/mol. The first-order valence-electron chi connectivity index (χ1n) is 6.23. The molecule has 2 heteroatoms. The molecule has 3 N–H and O–H groups in total. The van der Waals surface area contributed by atoms with Crippen LogP contribution in [-0.2, 0) is 0 Å². The average molecular weight is 234 g/mol. The van der Waals surface area contributed by atoms with E-state index in [1.165, 1.54) is 5.56 Å². The molecule has 0 aliphatic heterocycles. The number of benzene rings is 1. The van der Waals surface area contributed by atoms with Crippen LogP contribution in [0.3, 0.4) is 0 Å². The quantitative estimate of drug-likeness (QED) is 0.769. The Kier molecular flexibility index (Phi) is 3.75. The molecule has 0 aromatic heterocycles. The van der Waals surface area contributed by atoms with E-state index in [1.54, 1.807) is 0 Å². The number of anilines is 2. The molecule has 0 unspecified atom stereocenters. The molecule has 0 saturated carbocycles. The lowest BCUT2D eigenvalue weighted by Crippen LogP contribution is -2.35. The van der Waals surface area contributed by atoms with Crippen molar-refractivity contribution < 1.29 is 0 Å². The zero-order valence-electron chi connectivity index (χ0n) is 12.0. The van der Waals surface area contributed by atoms with E-state index in [0.29, 0.717) is 5.41 Å². The van der Waals surface area contributed by atoms with Crippen LogP contribution in [-0.4, -0.2) is 5.54 Å². The van der Waals surface area contributed by atoms with Crippen LogP contribution in [0.1, 0.15) is 46.6 Å². The molecule has 0 saturated heterocycles. The van der Waals surface area contributed by atoms with Crippen molar-refractivity contribution in [3.63, 3.8) is 0 Å². The Hall–Kier alpha value is -1.18. The molecule has 1 rings (SSSR count). The van der Waals surface area contributed by atoms with Crippen LogP contribution in [0.5, 0.6) is 0 Å². The summed E-state index contributed by atoms with van der Waals surface area (Å²) >= 11 is 0. The normalized spacial score (nSPS) is 12.6. The first-order valence-corrected chi connectivity index (χ1v) is 6.23. The van der Waals surface area contributed by atoms with Gasteiger partial charge in [0.2, 0.25) is 0 Å². The number of rotatable bonds is 3. The van der Waals surface area contributed by atoms with Gasteiger partial charge in [-0.1, -0.05) is 26.8 Å². The maximum Gasteiger partial charge on any atom is 0.0578 e. The van der Waals surface area contributed by atoms with Crippen molar-refractivity contribution in [3.8, 4) is 0 Å². The summed E-state index contributed by atoms with van der Waals surface area (Å²) in [7, 11) is 0. The van der Waals surface area contributed by atoms with Crippen molar-refractivity contribution in [2.75, 3.05) is 11.1 Å². The molecule has 0 aliphatic carbocycles. The average Bonchev–Trinajstić information content (AvgIpc) is 2.05. The predicted octanol–water partition coefficient (Wildman–Crippen LogP) is 4.20. The third-order valence-corrected chi connectivity index (χ3v) is 2.65. The highest BCUT2D eigenvalue weighted by atomic mass is 15.0. The standard InChI is InChI=1S/C15H26N2/c1-11-7-8-13(12(16)9-11)17-15(5,6)10-14(2,3)4/h7-9,17H,10,16H2,1-6H3. The number of nitrogens with one attached hydrogen (secondary N) is 1. The molecule has 0 radical (unpaired) electrons. The van der Waals surface area contributed by atoms with Crippen molar-refractivity contribution in [1.29, 1.82) is 0 Å². The molecule has 0 atom stereocenters. The minimum absolute atomic E-state index is 0.0433. The van der Waals surface area contributed by atoms with Crippen LogP contribution < -0.4 is 11.1 Å². The second kappa shape index (κ2) is 4.59. The Labute approximate surface area is 106 Å². The van der Waals surface area contributed by atoms with Crippen molar-refractivity contribution >= 4 is 11.4 Å². The number of nitrogen functional groups attached to an aromatic ring is 1. The SMILES string of the molecule is Cc1ccc(NC(C)(C)CC(C)(C)C)c(N)c1. The molecule has 96 valence electrons. The Bertz CT molecular complexity index is 386. The van der Waals surface area contributed by atoms with Gasteiger partial charge in [-0.25, -0.2) is 0 Å². The van der Waals surface area contributed by atoms with Gasteiger partial charge in [0, 0.05) is 5.54 Å². The minimum atomic E-state index is 0.0433. The topological polar surface area (TPSA) is 38.0 Å². The fourth-order valence-corrected chi connectivity index (χ4v) is 2.53.